The second-order valence-corrected chi connectivity index (χ2v) is 11.2. The molecule has 1 aliphatic rings. The zero-order chi connectivity index (χ0) is 28.2. The minimum absolute atomic E-state index is 0.150. The summed E-state index contributed by atoms with van der Waals surface area (Å²) in [5.74, 6) is 0. The maximum atomic E-state index is 13.3. The molecule has 8 nitrogen and oxygen atoms in total. The second-order valence-electron chi connectivity index (χ2n) is 8.90. The van der Waals surface area contributed by atoms with Crippen molar-refractivity contribution in [2.45, 2.75) is 17.2 Å². The average Bonchev–Trinajstić information content (AvgIpc) is 2.91. The fourth-order valence-electron chi connectivity index (χ4n) is 4.33. The van der Waals surface area contributed by atoms with Crippen molar-refractivity contribution in [3.8, 4) is 0 Å². The van der Waals surface area contributed by atoms with Gasteiger partial charge in [-0.2, -0.15) is 17.5 Å². The molecule has 0 aliphatic carbocycles. The summed E-state index contributed by atoms with van der Waals surface area (Å²) >= 11 is 5.80. The van der Waals surface area contributed by atoms with Crippen LogP contribution in [0.3, 0.4) is 0 Å². The Kier molecular flexibility index (Phi) is 8.92. The Hall–Kier alpha value is -3.03. The highest BCUT2D eigenvalue weighted by Gasteiger charge is 2.32. The van der Waals surface area contributed by atoms with E-state index >= 15 is 0 Å². The average molecular weight is 584 g/mol. The molecule has 208 valence electrons. The highest BCUT2D eigenvalue weighted by Crippen LogP contribution is 2.34. The lowest BCUT2D eigenvalue weighted by atomic mass is 9.99. The lowest BCUT2D eigenvalue weighted by molar-refractivity contribution is -0.384. The predicted molar refractivity (Wildman–Crippen MR) is 139 cm³/mol. The molecule has 3 aromatic carbocycles. The van der Waals surface area contributed by atoms with E-state index < -0.39 is 38.5 Å². The molecule has 0 radical (unpaired) electrons. The lowest BCUT2D eigenvalue weighted by Crippen LogP contribution is -2.49. The zero-order valence-corrected chi connectivity index (χ0v) is 22.1. The van der Waals surface area contributed by atoms with Gasteiger partial charge >= 0.3 is 6.18 Å². The van der Waals surface area contributed by atoms with Crippen LogP contribution in [0.4, 0.5) is 18.9 Å². The van der Waals surface area contributed by atoms with Crippen molar-refractivity contribution in [1.82, 2.24) is 9.21 Å². The number of benzene rings is 3. The Morgan fingerprint density at radius 1 is 0.949 bits per heavy atom. The summed E-state index contributed by atoms with van der Waals surface area (Å²) in [6, 6.07) is 17.4. The van der Waals surface area contributed by atoms with Gasteiger partial charge in [0.25, 0.3) is 5.69 Å². The van der Waals surface area contributed by atoms with Gasteiger partial charge in [0, 0.05) is 38.8 Å². The second kappa shape index (κ2) is 12.0. The van der Waals surface area contributed by atoms with E-state index in [1.165, 1.54) is 22.5 Å². The van der Waals surface area contributed by atoms with E-state index in [4.69, 9.17) is 16.3 Å². The minimum atomic E-state index is -4.48. The van der Waals surface area contributed by atoms with E-state index in [0.29, 0.717) is 30.8 Å². The first kappa shape index (κ1) is 29.0. The number of alkyl halides is 3. The molecule has 0 aromatic heterocycles. The van der Waals surface area contributed by atoms with Gasteiger partial charge in [-0.15, -0.1) is 0 Å². The van der Waals surface area contributed by atoms with Gasteiger partial charge < -0.3 is 4.74 Å². The van der Waals surface area contributed by atoms with Crippen LogP contribution < -0.4 is 0 Å². The molecule has 39 heavy (non-hydrogen) atoms. The number of halogens is 4. The van der Waals surface area contributed by atoms with Gasteiger partial charge in [0.1, 0.15) is 11.1 Å². The third kappa shape index (κ3) is 6.95. The van der Waals surface area contributed by atoms with Gasteiger partial charge in [0.05, 0.1) is 22.0 Å². The van der Waals surface area contributed by atoms with E-state index in [1.807, 2.05) is 11.0 Å². The molecule has 3 aromatic rings. The summed E-state index contributed by atoms with van der Waals surface area (Å²) < 4.78 is 73.3. The largest absolute Gasteiger partial charge is 0.416 e. The molecule has 0 bridgehead atoms. The van der Waals surface area contributed by atoms with Crippen LogP contribution in [0.15, 0.2) is 77.7 Å². The molecule has 0 N–H and O–H groups in total. The Balaban J connectivity index is 1.39. The highest BCUT2D eigenvalue weighted by molar-refractivity contribution is 7.89. The number of nitrogens with zero attached hydrogens (tertiary/aromatic N) is 3. The molecule has 4 rings (SSSR count). The highest BCUT2D eigenvalue weighted by atomic mass is 35.5. The fourth-order valence-corrected chi connectivity index (χ4v) is 5.96. The van der Waals surface area contributed by atoms with E-state index in [2.05, 4.69) is 0 Å². The third-order valence-corrected chi connectivity index (χ3v) is 8.61. The Labute approximate surface area is 228 Å². The molecule has 1 saturated heterocycles. The van der Waals surface area contributed by atoms with Crippen LogP contribution in [-0.2, 0) is 20.9 Å². The van der Waals surface area contributed by atoms with Crippen molar-refractivity contribution in [2.75, 3.05) is 39.3 Å². The van der Waals surface area contributed by atoms with E-state index in [1.54, 1.807) is 30.3 Å². The maximum Gasteiger partial charge on any atom is 0.416 e. The summed E-state index contributed by atoms with van der Waals surface area (Å²) in [6.07, 6.45) is -5.19. The summed E-state index contributed by atoms with van der Waals surface area (Å²) in [5.41, 5.74) is -0.149. The quantitative estimate of drug-likeness (QED) is 0.248. The molecule has 1 aliphatic heterocycles. The lowest BCUT2D eigenvalue weighted by Gasteiger charge is -2.34. The van der Waals surface area contributed by atoms with Crippen LogP contribution in [-0.4, -0.2) is 61.9 Å². The molecular weight excluding hydrogens is 559 g/mol. The smallest absolute Gasteiger partial charge is 0.367 e. The van der Waals surface area contributed by atoms with E-state index in [9.17, 15) is 31.7 Å². The standard InChI is InChI=1S/C26H25ClF3N3O5S/c27-23-10-9-22(18-24(23)33(34)35)39(36,37)32-13-11-31(12-14-32)15-16-38-25(19-5-2-1-3-6-19)20-7-4-8-21(17-20)26(28,29)30/h1-10,17-18,25H,11-16H2. The van der Waals surface area contributed by atoms with Crippen LogP contribution in [0.5, 0.6) is 0 Å². The number of sulfonamides is 1. The van der Waals surface area contributed by atoms with Gasteiger partial charge in [-0.1, -0.05) is 54.1 Å². The van der Waals surface area contributed by atoms with Crippen molar-refractivity contribution >= 4 is 27.3 Å². The number of hydrogen-bond donors (Lipinski definition) is 0. The zero-order valence-electron chi connectivity index (χ0n) is 20.6. The predicted octanol–water partition coefficient (Wildman–Crippen LogP) is 5.38. The van der Waals surface area contributed by atoms with Crippen molar-refractivity contribution in [2.24, 2.45) is 0 Å². The summed E-state index contributed by atoms with van der Waals surface area (Å²) in [4.78, 5) is 12.2. The van der Waals surface area contributed by atoms with Crippen LogP contribution in [0.1, 0.15) is 22.8 Å². The maximum absolute atomic E-state index is 13.3. The molecule has 1 unspecified atom stereocenters. The number of ether oxygens (including phenoxy) is 1. The summed E-state index contributed by atoms with van der Waals surface area (Å²) in [6.45, 7) is 1.73. The van der Waals surface area contributed by atoms with Crippen molar-refractivity contribution in [1.29, 1.82) is 0 Å². The number of nitro benzene ring substituents is 1. The molecule has 0 amide bonds. The Bertz CT molecular complexity index is 1420. The Morgan fingerprint density at radius 2 is 1.62 bits per heavy atom. The van der Waals surface area contributed by atoms with Crippen molar-refractivity contribution < 1.29 is 31.2 Å². The first-order chi connectivity index (χ1) is 18.5. The minimum Gasteiger partial charge on any atom is -0.367 e. The molecule has 1 fully saturated rings. The van der Waals surface area contributed by atoms with Crippen LogP contribution >= 0.6 is 11.6 Å². The van der Waals surface area contributed by atoms with Gasteiger partial charge in [-0.25, -0.2) is 8.42 Å². The van der Waals surface area contributed by atoms with Gasteiger partial charge in [0.15, 0.2) is 0 Å². The van der Waals surface area contributed by atoms with Gasteiger partial charge in [-0.05, 0) is 35.4 Å². The number of nitro groups is 1. The number of piperazine rings is 1. The van der Waals surface area contributed by atoms with Gasteiger partial charge in [0.2, 0.25) is 10.0 Å². The first-order valence-electron chi connectivity index (χ1n) is 12.0. The third-order valence-electron chi connectivity index (χ3n) is 6.39. The molecule has 13 heteroatoms. The molecule has 0 saturated carbocycles. The van der Waals surface area contributed by atoms with Crippen LogP contribution in [0.2, 0.25) is 5.02 Å². The molecule has 0 spiro atoms. The van der Waals surface area contributed by atoms with E-state index in [0.717, 1.165) is 18.2 Å². The first-order valence-corrected chi connectivity index (χ1v) is 13.8. The van der Waals surface area contributed by atoms with Crippen molar-refractivity contribution in [3.05, 3.63) is 105 Å². The molecular formula is C26H25ClF3N3O5S. The summed E-state index contributed by atoms with van der Waals surface area (Å²) in [5, 5.41) is 11.0. The van der Waals surface area contributed by atoms with Crippen LogP contribution in [0.25, 0.3) is 0 Å². The molecule has 1 atom stereocenters. The van der Waals surface area contributed by atoms with Crippen LogP contribution in [0, 0.1) is 10.1 Å². The fraction of sp³-hybridized carbons (Fsp3) is 0.308. The normalized spacial score (nSPS) is 16.2. The van der Waals surface area contributed by atoms with Crippen molar-refractivity contribution in [3.63, 3.8) is 0 Å². The SMILES string of the molecule is O=[N+]([O-])c1cc(S(=O)(=O)N2CCN(CCOC(c3ccccc3)c3cccc(C(F)(F)F)c3)CC2)ccc1Cl. The number of hydrogen-bond acceptors (Lipinski definition) is 6. The van der Waals surface area contributed by atoms with E-state index in [-0.39, 0.29) is 29.6 Å². The topological polar surface area (TPSA) is 93.0 Å². The monoisotopic (exact) mass is 583 g/mol. The summed E-state index contributed by atoms with van der Waals surface area (Å²) in [7, 11) is -3.96. The van der Waals surface area contributed by atoms with Gasteiger partial charge in [-0.3, -0.25) is 15.0 Å². The number of rotatable bonds is 9. The Morgan fingerprint density at radius 3 is 2.26 bits per heavy atom. The molecule has 1 heterocycles.